The lowest BCUT2D eigenvalue weighted by Gasteiger charge is -1.87. The minimum absolute atomic E-state index is 0.00502. The largest absolute Gasteiger partial charge is 0.395 e. The molecule has 11 heteroatoms. The first-order valence-electron chi connectivity index (χ1n) is 5.68. The van der Waals surface area contributed by atoms with E-state index < -0.39 is 0 Å². The first-order chi connectivity index (χ1) is 9.94. The molecule has 0 radical (unpaired) electrons. The first kappa shape index (κ1) is 28.8. The van der Waals surface area contributed by atoms with Gasteiger partial charge in [0.2, 0.25) is 0 Å². The molecule has 2 atom stereocenters. The van der Waals surface area contributed by atoms with E-state index in [-0.39, 0.29) is 57.9 Å². The van der Waals surface area contributed by atoms with Gasteiger partial charge in [-0.15, -0.1) is 0 Å². The fraction of sp³-hybridized carbons (Fsp3) is 0.800. The number of rotatable bonds is 7. The van der Waals surface area contributed by atoms with Crippen molar-refractivity contribution in [2.24, 2.45) is 0 Å². The zero-order valence-corrected chi connectivity index (χ0v) is 15.7. The molecule has 0 aromatic rings. The minimum Gasteiger partial charge on any atom is -0.395 e. The van der Waals surface area contributed by atoms with Crippen molar-refractivity contribution >= 4 is 46.4 Å². The summed E-state index contributed by atoms with van der Waals surface area (Å²) in [5.41, 5.74) is -0.421. The molecule has 0 spiro atoms. The van der Waals surface area contributed by atoms with Crippen LogP contribution in [0, 0.1) is 0 Å². The third-order valence-electron chi connectivity index (χ3n) is 1.09. The summed E-state index contributed by atoms with van der Waals surface area (Å²) in [5, 5.41) is 8.13. The zero-order valence-electron chi connectivity index (χ0n) is 12.1. The van der Waals surface area contributed by atoms with Crippen molar-refractivity contribution in [1.29, 1.82) is 0 Å². The van der Waals surface area contributed by atoms with Crippen LogP contribution in [-0.4, -0.2) is 47.9 Å². The molecule has 0 aromatic carbocycles. The molecular formula is C10H20O7P4. The summed E-state index contributed by atoms with van der Waals surface area (Å²) in [4.78, 5) is 18.7. The van der Waals surface area contributed by atoms with E-state index in [1.807, 2.05) is 6.92 Å². The van der Waals surface area contributed by atoms with Crippen LogP contribution in [0.25, 0.3) is 0 Å². The van der Waals surface area contributed by atoms with Crippen molar-refractivity contribution in [1.82, 2.24) is 0 Å². The number of aliphatic hydroxyl groups is 1. The van der Waals surface area contributed by atoms with E-state index >= 15 is 0 Å². The van der Waals surface area contributed by atoms with Crippen LogP contribution in [0.2, 0.25) is 0 Å². The highest BCUT2D eigenvalue weighted by atomic mass is 31.1. The van der Waals surface area contributed by atoms with Crippen LogP contribution in [0.5, 0.6) is 0 Å². The monoisotopic (exact) mass is 376 g/mol. The van der Waals surface area contributed by atoms with Crippen LogP contribution in [0.3, 0.4) is 0 Å². The molecule has 0 amide bonds. The van der Waals surface area contributed by atoms with Gasteiger partial charge in [-0.1, -0.05) is 6.92 Å². The molecule has 0 aliphatic carbocycles. The highest BCUT2D eigenvalue weighted by Gasteiger charge is 1.92. The molecule has 0 fully saturated rings. The van der Waals surface area contributed by atoms with Crippen molar-refractivity contribution in [3.8, 4) is 0 Å². The van der Waals surface area contributed by atoms with Gasteiger partial charge in [-0.25, -0.2) is 0 Å². The molecule has 122 valence electrons. The number of aliphatic hydroxyl groups excluding tert-OH is 1. The number of aldehydes is 2. The molecule has 0 saturated carbocycles. The number of carbonyl (C=O) groups is 2. The topological polar surface area (TPSA) is 123 Å². The van der Waals surface area contributed by atoms with Crippen molar-refractivity contribution < 1.29 is 33.0 Å². The van der Waals surface area contributed by atoms with Crippen LogP contribution in [0.15, 0.2) is 0 Å². The van der Waals surface area contributed by atoms with Gasteiger partial charge in [0.25, 0.3) is 0 Å². The molecule has 21 heavy (non-hydrogen) atoms. The second-order valence-corrected chi connectivity index (χ2v) is 6.67. The van der Waals surface area contributed by atoms with Crippen LogP contribution in [-0.2, 0) is 27.8 Å². The van der Waals surface area contributed by atoms with E-state index in [2.05, 4.69) is 0 Å². The van der Waals surface area contributed by atoms with Gasteiger partial charge in [-0.05, 0) is 13.8 Å². The van der Waals surface area contributed by atoms with Crippen molar-refractivity contribution in [3.63, 3.8) is 0 Å². The molecule has 0 aliphatic heterocycles. The lowest BCUT2D eigenvalue weighted by Crippen LogP contribution is -1.95. The van der Waals surface area contributed by atoms with Gasteiger partial charge in [0.05, 0.1) is 24.1 Å². The van der Waals surface area contributed by atoms with Crippen LogP contribution < -0.4 is 0 Å². The van der Waals surface area contributed by atoms with Crippen molar-refractivity contribution in [2.45, 2.75) is 32.1 Å². The van der Waals surface area contributed by atoms with Gasteiger partial charge in [-0.3, -0.25) is 18.3 Å². The zero-order chi connectivity index (χ0) is 17.5. The van der Waals surface area contributed by atoms with Gasteiger partial charge in [0, 0.05) is 6.16 Å². The molecule has 0 bridgehead atoms. The van der Waals surface area contributed by atoms with Gasteiger partial charge in [0.15, 0.2) is 33.8 Å². The van der Waals surface area contributed by atoms with Crippen molar-refractivity contribution in [3.05, 3.63) is 0 Å². The Labute approximate surface area is 131 Å². The van der Waals surface area contributed by atoms with Gasteiger partial charge >= 0.3 is 0 Å². The van der Waals surface area contributed by atoms with E-state index in [0.717, 1.165) is 6.16 Å². The number of hydrogen-bond donors (Lipinski definition) is 1. The Kier molecular flexibility index (Phi) is 43.7. The van der Waals surface area contributed by atoms with Gasteiger partial charge < -0.3 is 14.7 Å². The summed E-state index contributed by atoms with van der Waals surface area (Å²) < 4.78 is 37.8. The quantitative estimate of drug-likeness (QED) is 0.534. The maximum absolute atomic E-state index is 9.67. The predicted octanol–water partition coefficient (Wildman–Crippen LogP) is 3.30. The predicted molar refractivity (Wildman–Crippen MR) is 84.0 cm³/mol. The van der Waals surface area contributed by atoms with Crippen LogP contribution >= 0.6 is 33.8 Å². The van der Waals surface area contributed by atoms with Gasteiger partial charge in [0.1, 0.15) is 12.6 Å². The second-order valence-electron chi connectivity index (χ2n) is 3.04. The van der Waals surface area contributed by atoms with Crippen molar-refractivity contribution in [2.75, 3.05) is 18.9 Å². The maximum atomic E-state index is 9.67. The molecule has 2 unspecified atom stereocenters. The lowest BCUT2D eigenvalue weighted by atomic mass is 10.5. The summed E-state index contributed by atoms with van der Waals surface area (Å²) in [6, 6.07) is 0. The van der Waals surface area contributed by atoms with E-state index in [1.165, 1.54) is 0 Å². The Hall–Kier alpha value is -0.300. The average Bonchev–Trinajstić information content (AvgIpc) is 2.55. The fourth-order valence-electron chi connectivity index (χ4n) is 0.0886. The molecule has 1 N–H and O–H groups in total. The summed E-state index contributed by atoms with van der Waals surface area (Å²) in [5.74, 6) is 0. The van der Waals surface area contributed by atoms with E-state index in [9.17, 15) is 27.8 Å². The molecule has 0 aromatic heterocycles. The standard InChI is InChI=1S/C3H7O2P.C3H5O2P.C2H3O2P.C2H5OP/c2*1-3(2-4)6-5;3-1-2-5-4;1-2-4-3/h3-4H,2H2,1H3;2-3H,1H3;1H,2H2;2H2,1H3. The molecule has 7 nitrogen and oxygen atoms in total. The van der Waals surface area contributed by atoms with Crippen LogP contribution in [0.4, 0.5) is 0 Å². The Balaban J connectivity index is -0.0000000929. The maximum Gasteiger partial charge on any atom is 0.166 e. The molecule has 0 rings (SSSR count). The van der Waals surface area contributed by atoms with Crippen LogP contribution in [0.1, 0.15) is 20.8 Å². The summed E-state index contributed by atoms with van der Waals surface area (Å²) >= 11 is 0. The molecular weight excluding hydrogens is 356 g/mol. The molecule has 0 heterocycles. The average molecular weight is 376 g/mol. The highest BCUT2D eigenvalue weighted by molar-refractivity contribution is 7.26. The van der Waals surface area contributed by atoms with E-state index in [4.69, 9.17) is 5.11 Å². The molecule has 0 saturated heterocycles. The van der Waals surface area contributed by atoms with E-state index in [0.29, 0.717) is 12.6 Å². The fourth-order valence-corrected chi connectivity index (χ4v) is 0.266. The number of hydrogen-bond acceptors (Lipinski definition) is 7. The molecule has 0 aliphatic rings. The van der Waals surface area contributed by atoms with Gasteiger partial charge in [-0.2, -0.15) is 0 Å². The smallest absolute Gasteiger partial charge is 0.166 e. The Morgan fingerprint density at radius 3 is 1.48 bits per heavy atom. The SMILES string of the molecule is CC(C=O)P=O.CC(CO)P=O.CCP=O.O=CCP=O. The minimum atomic E-state index is -0.329. The summed E-state index contributed by atoms with van der Waals surface area (Å²) in [6.45, 7) is 5.15. The summed E-state index contributed by atoms with van der Waals surface area (Å²) in [6.07, 6.45) is 2.11. The number of carbonyl (C=O) groups excluding carboxylic acids is 2. The lowest BCUT2D eigenvalue weighted by molar-refractivity contribution is -0.107. The third kappa shape index (κ3) is 53.9. The highest BCUT2D eigenvalue weighted by Crippen LogP contribution is 2.01. The third-order valence-corrected chi connectivity index (χ3v) is 2.62. The Morgan fingerprint density at radius 2 is 1.48 bits per heavy atom. The summed E-state index contributed by atoms with van der Waals surface area (Å²) in [7, 11) is 0.0984. The van der Waals surface area contributed by atoms with E-state index in [1.54, 1.807) is 13.8 Å². The Morgan fingerprint density at radius 1 is 1.00 bits per heavy atom. The Bertz CT molecular complexity index is 262. The first-order valence-corrected chi connectivity index (χ1v) is 9.44. The normalized spacial score (nSPS) is 11.8. The second kappa shape index (κ2) is 31.9.